The number of pyridine rings is 1. The van der Waals surface area contributed by atoms with Gasteiger partial charge in [0.15, 0.2) is 0 Å². The van der Waals surface area contributed by atoms with Crippen molar-refractivity contribution < 1.29 is 5.11 Å². The second-order valence-electron chi connectivity index (χ2n) is 5.65. The highest BCUT2D eigenvalue weighted by Crippen LogP contribution is 2.38. The largest absolute Gasteiger partial charge is 0.506 e. The minimum atomic E-state index is 0.354. The average molecular weight is 247 g/mol. The molecule has 98 valence electrons. The molecule has 0 bridgehead atoms. The summed E-state index contributed by atoms with van der Waals surface area (Å²) in [6, 6.07) is 3.07. The zero-order valence-electron chi connectivity index (χ0n) is 10.6. The topological polar surface area (TPSA) is 62.4 Å². The molecule has 1 saturated carbocycles. The third-order valence-corrected chi connectivity index (χ3v) is 4.42. The molecule has 1 aromatic heterocycles. The van der Waals surface area contributed by atoms with Crippen LogP contribution in [-0.2, 0) is 0 Å². The van der Waals surface area contributed by atoms with Crippen LogP contribution >= 0.6 is 0 Å². The summed E-state index contributed by atoms with van der Waals surface area (Å²) in [5, 5.41) is 9.84. The maximum atomic E-state index is 9.84. The molecule has 0 spiro atoms. The van der Waals surface area contributed by atoms with E-state index >= 15 is 0 Å². The maximum Gasteiger partial charge on any atom is 0.137 e. The Hall–Kier alpha value is -1.13. The first-order valence-corrected chi connectivity index (χ1v) is 6.86. The number of likely N-dealkylation sites (tertiary alicyclic amines) is 1. The molecule has 3 N–H and O–H groups in total. The molecule has 3 rings (SSSR count). The van der Waals surface area contributed by atoms with Crippen molar-refractivity contribution in [2.45, 2.75) is 43.7 Å². The fraction of sp³-hybridized carbons (Fsp3) is 0.643. The number of hydrogen-bond donors (Lipinski definition) is 2. The molecule has 0 radical (unpaired) electrons. The summed E-state index contributed by atoms with van der Waals surface area (Å²) in [6.07, 6.45) is 8.09. The van der Waals surface area contributed by atoms with Crippen molar-refractivity contribution in [1.82, 2.24) is 9.88 Å². The Bertz CT molecular complexity index is 409. The lowest BCUT2D eigenvalue weighted by Crippen LogP contribution is -2.59. The third-order valence-electron chi connectivity index (χ3n) is 4.42. The first-order chi connectivity index (χ1) is 8.74. The molecule has 1 aliphatic carbocycles. The summed E-state index contributed by atoms with van der Waals surface area (Å²) in [6.45, 7) is 2.13. The molecule has 2 aliphatic rings. The summed E-state index contributed by atoms with van der Waals surface area (Å²) >= 11 is 0. The number of nitrogens with two attached hydrogens (primary N) is 1. The number of nitrogens with zero attached hydrogens (tertiary/aromatic N) is 2. The molecule has 0 amide bonds. The van der Waals surface area contributed by atoms with E-state index in [9.17, 15) is 5.11 Å². The fourth-order valence-corrected chi connectivity index (χ4v) is 3.34. The zero-order valence-corrected chi connectivity index (χ0v) is 10.6. The number of aromatic hydroxyl groups is 1. The van der Waals surface area contributed by atoms with Gasteiger partial charge >= 0.3 is 0 Å². The van der Waals surface area contributed by atoms with E-state index in [-0.39, 0.29) is 0 Å². The highest BCUT2D eigenvalue weighted by Gasteiger charge is 2.33. The van der Waals surface area contributed by atoms with Gasteiger partial charge in [-0.05, 0) is 37.7 Å². The van der Waals surface area contributed by atoms with Gasteiger partial charge in [-0.3, -0.25) is 9.88 Å². The normalized spacial score (nSPS) is 30.1. The molecule has 4 heteroatoms. The lowest BCUT2D eigenvalue weighted by Gasteiger charge is -2.45. The Morgan fingerprint density at radius 2 is 1.94 bits per heavy atom. The Kier molecular flexibility index (Phi) is 3.22. The van der Waals surface area contributed by atoms with Crippen LogP contribution in [0.2, 0.25) is 0 Å². The van der Waals surface area contributed by atoms with E-state index in [1.807, 2.05) is 6.07 Å². The SMILES string of the molecule is NC1CN(C2CCC(c3ccncc3O)CC2)C1. The van der Waals surface area contributed by atoms with E-state index in [2.05, 4.69) is 9.88 Å². The molecule has 2 heterocycles. The molecule has 0 atom stereocenters. The molecule has 2 fully saturated rings. The molecular formula is C14H21N3O. The van der Waals surface area contributed by atoms with Crippen LogP contribution in [0.25, 0.3) is 0 Å². The Morgan fingerprint density at radius 1 is 1.22 bits per heavy atom. The Morgan fingerprint density at radius 3 is 2.56 bits per heavy atom. The zero-order chi connectivity index (χ0) is 12.5. The Labute approximate surface area is 108 Å². The van der Waals surface area contributed by atoms with Crippen LogP contribution < -0.4 is 5.73 Å². The van der Waals surface area contributed by atoms with Gasteiger partial charge in [-0.2, -0.15) is 0 Å². The number of hydrogen-bond acceptors (Lipinski definition) is 4. The minimum absolute atomic E-state index is 0.354. The molecular weight excluding hydrogens is 226 g/mol. The van der Waals surface area contributed by atoms with Gasteiger partial charge in [-0.1, -0.05) is 0 Å². The summed E-state index contributed by atoms with van der Waals surface area (Å²) < 4.78 is 0. The third kappa shape index (κ3) is 2.22. The predicted molar refractivity (Wildman–Crippen MR) is 70.4 cm³/mol. The summed E-state index contributed by atoms with van der Waals surface area (Å²) in [5.41, 5.74) is 6.91. The molecule has 1 aromatic rings. The van der Waals surface area contributed by atoms with Gasteiger partial charge in [0.2, 0.25) is 0 Å². The highest BCUT2D eigenvalue weighted by atomic mass is 16.3. The van der Waals surface area contributed by atoms with Crippen LogP contribution in [0.1, 0.15) is 37.2 Å². The second kappa shape index (κ2) is 4.86. The van der Waals surface area contributed by atoms with E-state index < -0.39 is 0 Å². The smallest absolute Gasteiger partial charge is 0.137 e. The first-order valence-electron chi connectivity index (χ1n) is 6.86. The molecule has 18 heavy (non-hydrogen) atoms. The fourth-order valence-electron chi connectivity index (χ4n) is 3.34. The van der Waals surface area contributed by atoms with Gasteiger partial charge < -0.3 is 10.8 Å². The van der Waals surface area contributed by atoms with Gasteiger partial charge in [-0.15, -0.1) is 0 Å². The van der Waals surface area contributed by atoms with Crippen molar-refractivity contribution in [2.24, 2.45) is 5.73 Å². The lowest BCUT2D eigenvalue weighted by molar-refractivity contribution is 0.0678. The van der Waals surface area contributed by atoms with Crippen molar-refractivity contribution in [1.29, 1.82) is 0 Å². The monoisotopic (exact) mass is 247 g/mol. The maximum absolute atomic E-state index is 9.84. The molecule has 0 unspecified atom stereocenters. The second-order valence-corrected chi connectivity index (χ2v) is 5.65. The van der Waals surface area contributed by atoms with Crippen molar-refractivity contribution >= 4 is 0 Å². The van der Waals surface area contributed by atoms with E-state index in [0.717, 1.165) is 31.5 Å². The van der Waals surface area contributed by atoms with Crippen LogP contribution in [0, 0.1) is 0 Å². The molecule has 4 nitrogen and oxygen atoms in total. The lowest BCUT2D eigenvalue weighted by atomic mass is 9.80. The number of rotatable bonds is 2. The molecule has 1 saturated heterocycles. The molecule has 1 aliphatic heterocycles. The predicted octanol–water partition coefficient (Wildman–Crippen LogP) is 1.46. The summed E-state index contributed by atoms with van der Waals surface area (Å²) in [4.78, 5) is 6.45. The van der Waals surface area contributed by atoms with E-state index in [4.69, 9.17) is 5.73 Å². The van der Waals surface area contributed by atoms with Crippen molar-refractivity contribution in [2.75, 3.05) is 13.1 Å². The first kappa shape index (κ1) is 11.9. The van der Waals surface area contributed by atoms with Crippen molar-refractivity contribution in [3.05, 3.63) is 24.0 Å². The van der Waals surface area contributed by atoms with E-state index in [1.165, 1.54) is 12.8 Å². The number of aromatic nitrogens is 1. The van der Waals surface area contributed by atoms with Gasteiger partial charge in [0, 0.05) is 36.9 Å². The summed E-state index contributed by atoms with van der Waals surface area (Å²) in [7, 11) is 0. The molecule has 0 aromatic carbocycles. The van der Waals surface area contributed by atoms with Gasteiger partial charge in [0.1, 0.15) is 5.75 Å². The van der Waals surface area contributed by atoms with Gasteiger partial charge in [0.25, 0.3) is 0 Å². The van der Waals surface area contributed by atoms with Crippen LogP contribution in [-0.4, -0.2) is 40.2 Å². The standard InChI is InChI=1S/C14H21N3O/c15-11-8-17(9-11)12-3-1-10(2-4-12)13-5-6-16-7-14(13)18/h5-7,10-12,18H,1-4,8-9,15H2. The van der Waals surface area contributed by atoms with Crippen molar-refractivity contribution in [3.8, 4) is 5.75 Å². The van der Waals surface area contributed by atoms with Crippen LogP contribution in [0.5, 0.6) is 5.75 Å². The van der Waals surface area contributed by atoms with E-state index in [1.54, 1.807) is 12.4 Å². The Balaban J connectivity index is 1.58. The van der Waals surface area contributed by atoms with Crippen LogP contribution in [0.4, 0.5) is 0 Å². The van der Waals surface area contributed by atoms with Gasteiger partial charge in [0.05, 0.1) is 6.20 Å². The summed E-state index contributed by atoms with van der Waals surface area (Å²) in [5.74, 6) is 0.853. The van der Waals surface area contributed by atoms with Crippen molar-refractivity contribution in [3.63, 3.8) is 0 Å². The highest BCUT2D eigenvalue weighted by molar-refractivity contribution is 5.32. The van der Waals surface area contributed by atoms with E-state index in [0.29, 0.717) is 23.8 Å². The van der Waals surface area contributed by atoms with Crippen LogP contribution in [0.3, 0.4) is 0 Å². The van der Waals surface area contributed by atoms with Gasteiger partial charge in [-0.25, -0.2) is 0 Å². The van der Waals surface area contributed by atoms with Crippen LogP contribution in [0.15, 0.2) is 18.5 Å². The quantitative estimate of drug-likeness (QED) is 0.830. The minimum Gasteiger partial charge on any atom is -0.506 e. The average Bonchev–Trinajstić information content (AvgIpc) is 2.36.